The van der Waals surface area contributed by atoms with Crippen molar-refractivity contribution in [2.45, 2.75) is 12.8 Å². The number of rotatable bonds is 0. The minimum Gasteiger partial charge on any atom is -0.344 e. The van der Waals surface area contributed by atoms with Crippen LogP contribution in [-0.2, 0) is 12.8 Å². The summed E-state index contributed by atoms with van der Waals surface area (Å²) < 4.78 is 0. The zero-order valence-electron chi connectivity index (χ0n) is 5.43. The van der Waals surface area contributed by atoms with E-state index in [1.807, 2.05) is 0 Å². The molecule has 0 saturated heterocycles. The maximum atomic E-state index is 2.28. The second-order valence-corrected chi connectivity index (χ2v) is 2.32. The summed E-state index contributed by atoms with van der Waals surface area (Å²) in [5.74, 6) is 0. The van der Waals surface area contributed by atoms with E-state index in [-0.39, 0.29) is 6.15 Å². The fourth-order valence-electron chi connectivity index (χ4n) is 1.23. The predicted molar refractivity (Wildman–Crippen MR) is 38.9 cm³/mol. The van der Waals surface area contributed by atoms with Gasteiger partial charge in [0, 0.05) is 0 Å². The second kappa shape index (κ2) is 2.19. The molecule has 0 aromatic heterocycles. The third kappa shape index (κ3) is 0.958. The van der Waals surface area contributed by atoms with E-state index in [2.05, 4.69) is 24.3 Å². The number of hydrogen-bond donors (Lipinski definition) is 1. The van der Waals surface area contributed by atoms with Crippen molar-refractivity contribution in [2.24, 2.45) is 0 Å². The number of benzene rings is 1. The molecule has 0 atom stereocenters. The Morgan fingerprint density at radius 1 is 1.00 bits per heavy atom. The number of hydrogen-bond acceptors (Lipinski definition) is 1. The van der Waals surface area contributed by atoms with Gasteiger partial charge in [-0.2, -0.15) is 0 Å². The van der Waals surface area contributed by atoms with Gasteiger partial charge in [-0.1, -0.05) is 24.3 Å². The van der Waals surface area contributed by atoms with E-state index in [0.29, 0.717) is 0 Å². The van der Waals surface area contributed by atoms with Crippen LogP contribution < -0.4 is 6.15 Å². The lowest BCUT2D eigenvalue weighted by Gasteiger charge is -1.82. The highest BCUT2D eigenvalue weighted by Gasteiger charge is 2.02. The molecule has 2 bridgehead atoms. The molecule has 1 heteroatoms. The lowest BCUT2D eigenvalue weighted by Crippen LogP contribution is -1.72. The Kier molecular flexibility index (Phi) is 1.54. The standard InChI is InChI=1S/C8H8.H3N/c1-2-7-4-5-8(3-1)6-7;/h1-3,6H,4-5H2;1H3. The van der Waals surface area contributed by atoms with Crippen LogP contribution in [0.3, 0.4) is 0 Å². The zero-order valence-corrected chi connectivity index (χ0v) is 5.43. The van der Waals surface area contributed by atoms with Gasteiger partial charge >= 0.3 is 0 Å². The van der Waals surface area contributed by atoms with E-state index in [9.17, 15) is 0 Å². The lowest BCUT2D eigenvalue weighted by molar-refractivity contribution is 1.03. The van der Waals surface area contributed by atoms with Gasteiger partial charge in [-0.25, -0.2) is 0 Å². The van der Waals surface area contributed by atoms with Crippen molar-refractivity contribution in [1.82, 2.24) is 6.15 Å². The summed E-state index contributed by atoms with van der Waals surface area (Å²) in [6, 6.07) is 8.80. The summed E-state index contributed by atoms with van der Waals surface area (Å²) in [6.45, 7) is 0. The Bertz CT molecular complexity index is 186. The average Bonchev–Trinajstić information content (AvgIpc) is 2.12. The van der Waals surface area contributed by atoms with Crippen LogP contribution in [0.4, 0.5) is 0 Å². The van der Waals surface area contributed by atoms with Gasteiger partial charge in [0.05, 0.1) is 0 Å². The predicted octanol–water partition coefficient (Wildman–Crippen LogP) is 1.95. The first-order chi connectivity index (χ1) is 3.95. The summed E-state index contributed by atoms with van der Waals surface area (Å²) in [5.41, 5.74) is 3.00. The minimum absolute atomic E-state index is 0. The van der Waals surface area contributed by atoms with E-state index in [1.165, 1.54) is 24.0 Å². The summed E-state index contributed by atoms with van der Waals surface area (Å²) in [5, 5.41) is 0. The van der Waals surface area contributed by atoms with Gasteiger partial charge in [-0.15, -0.1) is 0 Å². The largest absolute Gasteiger partial charge is 0.344 e. The first-order valence-corrected chi connectivity index (χ1v) is 3.03. The van der Waals surface area contributed by atoms with E-state index < -0.39 is 0 Å². The second-order valence-electron chi connectivity index (χ2n) is 2.32. The number of aryl methyl sites for hydroxylation is 2. The first kappa shape index (κ1) is 6.30. The molecule has 1 aliphatic rings. The van der Waals surface area contributed by atoms with Crippen LogP contribution >= 0.6 is 0 Å². The van der Waals surface area contributed by atoms with Crippen LogP contribution in [0.2, 0.25) is 0 Å². The Hall–Kier alpha value is -0.820. The van der Waals surface area contributed by atoms with Gasteiger partial charge in [0.2, 0.25) is 0 Å². The Morgan fingerprint density at radius 2 is 1.56 bits per heavy atom. The first-order valence-electron chi connectivity index (χ1n) is 3.03. The van der Waals surface area contributed by atoms with Crippen LogP contribution in [0.1, 0.15) is 11.1 Å². The van der Waals surface area contributed by atoms with Crippen molar-refractivity contribution in [3.8, 4) is 0 Å². The van der Waals surface area contributed by atoms with Crippen LogP contribution in [0.5, 0.6) is 0 Å². The zero-order chi connectivity index (χ0) is 5.40. The maximum Gasteiger partial charge on any atom is -0.0238 e. The fourth-order valence-corrected chi connectivity index (χ4v) is 1.23. The molecule has 48 valence electrons. The van der Waals surface area contributed by atoms with Crippen molar-refractivity contribution >= 4 is 0 Å². The molecule has 1 aromatic rings. The topological polar surface area (TPSA) is 35.0 Å². The number of fused-ring (bicyclic) bond motifs is 2. The van der Waals surface area contributed by atoms with Crippen molar-refractivity contribution in [2.75, 3.05) is 0 Å². The molecule has 0 spiro atoms. The highest BCUT2D eigenvalue weighted by atomic mass is 14.1. The molecule has 0 aliphatic heterocycles. The maximum absolute atomic E-state index is 2.28. The smallest absolute Gasteiger partial charge is 0.0238 e. The van der Waals surface area contributed by atoms with Crippen molar-refractivity contribution in [3.05, 3.63) is 35.4 Å². The normalized spacial score (nSPS) is 12.9. The average molecular weight is 121 g/mol. The highest BCUT2D eigenvalue weighted by molar-refractivity contribution is 5.29. The van der Waals surface area contributed by atoms with Gasteiger partial charge in [-0.05, 0) is 24.0 Å². The van der Waals surface area contributed by atoms with Gasteiger partial charge < -0.3 is 6.15 Å². The lowest BCUT2D eigenvalue weighted by atomic mass is 10.2. The van der Waals surface area contributed by atoms with Crippen LogP contribution in [0.25, 0.3) is 0 Å². The third-order valence-electron chi connectivity index (χ3n) is 1.69. The van der Waals surface area contributed by atoms with Gasteiger partial charge in [0.15, 0.2) is 0 Å². The molecule has 2 rings (SSSR count). The molecular weight excluding hydrogens is 110 g/mol. The minimum atomic E-state index is 0. The van der Waals surface area contributed by atoms with E-state index in [0.717, 1.165) is 0 Å². The molecule has 0 unspecified atom stereocenters. The van der Waals surface area contributed by atoms with Crippen molar-refractivity contribution < 1.29 is 0 Å². The van der Waals surface area contributed by atoms with Gasteiger partial charge in [-0.3, -0.25) is 0 Å². The van der Waals surface area contributed by atoms with E-state index in [1.54, 1.807) is 0 Å². The quantitative estimate of drug-likeness (QED) is 0.559. The molecule has 1 aromatic carbocycles. The molecule has 0 amide bonds. The summed E-state index contributed by atoms with van der Waals surface area (Å²) in [7, 11) is 0. The van der Waals surface area contributed by atoms with E-state index >= 15 is 0 Å². The fraction of sp³-hybridized carbons (Fsp3) is 0.250. The van der Waals surface area contributed by atoms with Crippen molar-refractivity contribution in [3.63, 3.8) is 0 Å². The van der Waals surface area contributed by atoms with Crippen LogP contribution in [-0.4, -0.2) is 0 Å². The monoisotopic (exact) mass is 121 g/mol. The Morgan fingerprint density at radius 3 is 2.00 bits per heavy atom. The van der Waals surface area contributed by atoms with Gasteiger partial charge in [0.25, 0.3) is 0 Å². The summed E-state index contributed by atoms with van der Waals surface area (Å²) in [4.78, 5) is 0. The summed E-state index contributed by atoms with van der Waals surface area (Å²) in [6.07, 6.45) is 2.53. The molecule has 0 heterocycles. The molecule has 3 N–H and O–H groups in total. The SMILES string of the molecule is N.c1cc2cc(c1)CC2. The van der Waals surface area contributed by atoms with E-state index in [4.69, 9.17) is 0 Å². The molecule has 1 nitrogen and oxygen atoms in total. The third-order valence-corrected chi connectivity index (χ3v) is 1.69. The molecule has 0 fully saturated rings. The Labute approximate surface area is 55.3 Å². The Balaban J connectivity index is 0.000000405. The highest BCUT2D eigenvalue weighted by Crippen LogP contribution is 2.15. The van der Waals surface area contributed by atoms with Crippen molar-refractivity contribution in [1.29, 1.82) is 0 Å². The van der Waals surface area contributed by atoms with Crippen LogP contribution in [0, 0.1) is 0 Å². The van der Waals surface area contributed by atoms with Crippen LogP contribution in [0.15, 0.2) is 24.3 Å². The summed E-state index contributed by atoms with van der Waals surface area (Å²) >= 11 is 0. The molecular formula is C8H11N. The molecule has 1 aliphatic carbocycles. The molecule has 0 saturated carbocycles. The van der Waals surface area contributed by atoms with Gasteiger partial charge in [0.1, 0.15) is 0 Å². The molecule has 9 heavy (non-hydrogen) atoms. The molecule has 0 radical (unpaired) electrons.